The van der Waals surface area contributed by atoms with E-state index in [9.17, 15) is 0 Å². The summed E-state index contributed by atoms with van der Waals surface area (Å²) in [4.78, 5) is 7.65. The van der Waals surface area contributed by atoms with Gasteiger partial charge in [0, 0.05) is 32.7 Å². The Hall–Kier alpha value is -0.200. The molecule has 0 aromatic heterocycles. The maximum Gasteiger partial charge on any atom is 0.0829 e. The molecule has 0 aromatic carbocycles. The van der Waals surface area contributed by atoms with Gasteiger partial charge in [-0.1, -0.05) is 6.92 Å². The van der Waals surface area contributed by atoms with Crippen molar-refractivity contribution in [2.75, 3.05) is 72.1 Å². The van der Waals surface area contributed by atoms with E-state index in [0.717, 1.165) is 52.3 Å². The van der Waals surface area contributed by atoms with Crippen LogP contribution < -0.4 is 5.73 Å². The van der Waals surface area contributed by atoms with Crippen LogP contribution in [0.15, 0.2) is 0 Å². The molecule has 0 aliphatic carbocycles. The number of morpholine rings is 1. The van der Waals surface area contributed by atoms with Crippen molar-refractivity contribution in [1.82, 2.24) is 14.7 Å². The second-order valence-electron chi connectivity index (χ2n) is 6.02. The van der Waals surface area contributed by atoms with Crippen molar-refractivity contribution in [2.45, 2.75) is 25.9 Å². The molecule has 0 aromatic rings. The zero-order valence-corrected chi connectivity index (χ0v) is 13.1. The standard InChI is InChI=1S/C15H32N4O/c1-2-17-11-12-20-15(13-17)14-19-8-4-7-18(9-10-19)6-3-5-16/h15H,2-14,16H2,1H3. The molecule has 2 rings (SSSR count). The van der Waals surface area contributed by atoms with E-state index >= 15 is 0 Å². The minimum atomic E-state index is 0.402. The van der Waals surface area contributed by atoms with Gasteiger partial charge in [-0.2, -0.15) is 0 Å². The van der Waals surface area contributed by atoms with E-state index in [1.165, 1.54) is 32.6 Å². The van der Waals surface area contributed by atoms with E-state index in [4.69, 9.17) is 10.5 Å². The summed E-state index contributed by atoms with van der Waals surface area (Å²) in [5.41, 5.74) is 5.60. The zero-order valence-electron chi connectivity index (χ0n) is 13.1. The van der Waals surface area contributed by atoms with Crippen molar-refractivity contribution in [1.29, 1.82) is 0 Å². The Bertz CT molecular complexity index is 264. The minimum absolute atomic E-state index is 0.402. The molecule has 0 radical (unpaired) electrons. The van der Waals surface area contributed by atoms with Crippen LogP contribution in [0.5, 0.6) is 0 Å². The molecule has 2 fully saturated rings. The topological polar surface area (TPSA) is 45.0 Å². The van der Waals surface area contributed by atoms with Crippen LogP contribution in [0, 0.1) is 0 Å². The third kappa shape index (κ3) is 5.30. The molecular weight excluding hydrogens is 252 g/mol. The van der Waals surface area contributed by atoms with Gasteiger partial charge in [0.15, 0.2) is 0 Å². The number of hydrogen-bond acceptors (Lipinski definition) is 5. The van der Waals surface area contributed by atoms with Gasteiger partial charge < -0.3 is 15.4 Å². The third-order valence-corrected chi connectivity index (χ3v) is 4.49. The first-order valence-electron chi connectivity index (χ1n) is 8.30. The summed E-state index contributed by atoms with van der Waals surface area (Å²) in [5.74, 6) is 0. The molecule has 118 valence electrons. The molecule has 0 bridgehead atoms. The van der Waals surface area contributed by atoms with E-state index in [1.807, 2.05) is 0 Å². The Balaban J connectivity index is 1.70. The summed E-state index contributed by atoms with van der Waals surface area (Å²) in [6.07, 6.45) is 2.80. The van der Waals surface area contributed by atoms with Gasteiger partial charge in [0.05, 0.1) is 12.7 Å². The molecule has 2 N–H and O–H groups in total. The molecule has 20 heavy (non-hydrogen) atoms. The second kappa shape index (κ2) is 8.95. The highest BCUT2D eigenvalue weighted by Gasteiger charge is 2.23. The predicted molar refractivity (Wildman–Crippen MR) is 83.0 cm³/mol. The van der Waals surface area contributed by atoms with Gasteiger partial charge in [-0.05, 0) is 45.6 Å². The van der Waals surface area contributed by atoms with Crippen LogP contribution in [-0.4, -0.2) is 92.9 Å². The Morgan fingerprint density at radius 3 is 2.65 bits per heavy atom. The first-order chi connectivity index (χ1) is 9.81. The lowest BCUT2D eigenvalue weighted by Crippen LogP contribution is -2.48. The van der Waals surface area contributed by atoms with Crippen LogP contribution in [0.4, 0.5) is 0 Å². The molecule has 0 saturated carbocycles. The zero-order chi connectivity index (χ0) is 14.2. The summed E-state index contributed by atoms with van der Waals surface area (Å²) >= 11 is 0. The summed E-state index contributed by atoms with van der Waals surface area (Å²) in [7, 11) is 0. The van der Waals surface area contributed by atoms with Crippen molar-refractivity contribution < 1.29 is 4.74 Å². The Morgan fingerprint density at radius 1 is 1.05 bits per heavy atom. The highest BCUT2D eigenvalue weighted by molar-refractivity contribution is 4.77. The van der Waals surface area contributed by atoms with Crippen molar-refractivity contribution in [3.05, 3.63) is 0 Å². The molecule has 2 aliphatic rings. The van der Waals surface area contributed by atoms with Gasteiger partial charge in [-0.3, -0.25) is 9.80 Å². The Kier molecular flexibility index (Phi) is 7.24. The lowest BCUT2D eigenvalue weighted by Gasteiger charge is -2.35. The number of hydrogen-bond donors (Lipinski definition) is 1. The van der Waals surface area contributed by atoms with Crippen LogP contribution in [0.2, 0.25) is 0 Å². The predicted octanol–water partition coefficient (Wildman–Crippen LogP) is 0.0636. The average molecular weight is 284 g/mol. The van der Waals surface area contributed by atoms with E-state index < -0.39 is 0 Å². The molecule has 5 nitrogen and oxygen atoms in total. The molecule has 5 heteroatoms. The molecule has 2 heterocycles. The fourth-order valence-corrected chi connectivity index (χ4v) is 3.21. The highest BCUT2D eigenvalue weighted by Crippen LogP contribution is 2.09. The largest absolute Gasteiger partial charge is 0.374 e. The lowest BCUT2D eigenvalue weighted by atomic mass is 10.2. The molecule has 2 saturated heterocycles. The number of rotatable bonds is 6. The van der Waals surface area contributed by atoms with Gasteiger partial charge in [0.25, 0.3) is 0 Å². The highest BCUT2D eigenvalue weighted by atomic mass is 16.5. The number of nitrogens with zero attached hydrogens (tertiary/aromatic N) is 3. The Labute approximate surface area is 124 Å². The summed E-state index contributed by atoms with van der Waals surface area (Å²) in [5, 5.41) is 0. The van der Waals surface area contributed by atoms with Crippen molar-refractivity contribution >= 4 is 0 Å². The fraction of sp³-hybridized carbons (Fsp3) is 1.00. The molecule has 0 spiro atoms. The van der Waals surface area contributed by atoms with E-state index in [2.05, 4.69) is 21.6 Å². The second-order valence-corrected chi connectivity index (χ2v) is 6.02. The van der Waals surface area contributed by atoms with Gasteiger partial charge in [0.1, 0.15) is 0 Å². The fourth-order valence-electron chi connectivity index (χ4n) is 3.21. The summed E-state index contributed by atoms with van der Waals surface area (Å²) < 4.78 is 5.93. The van der Waals surface area contributed by atoms with Crippen LogP contribution in [0.3, 0.4) is 0 Å². The molecule has 1 unspecified atom stereocenters. The number of likely N-dealkylation sites (N-methyl/N-ethyl adjacent to an activating group) is 1. The maximum atomic E-state index is 5.93. The molecule has 2 aliphatic heterocycles. The van der Waals surface area contributed by atoms with Crippen LogP contribution >= 0.6 is 0 Å². The van der Waals surface area contributed by atoms with Crippen molar-refractivity contribution in [3.63, 3.8) is 0 Å². The third-order valence-electron chi connectivity index (χ3n) is 4.49. The molecule has 0 amide bonds. The quantitative estimate of drug-likeness (QED) is 0.747. The first-order valence-corrected chi connectivity index (χ1v) is 8.30. The van der Waals surface area contributed by atoms with Crippen molar-refractivity contribution in [2.24, 2.45) is 5.73 Å². The number of nitrogens with two attached hydrogens (primary N) is 1. The van der Waals surface area contributed by atoms with E-state index in [1.54, 1.807) is 0 Å². The van der Waals surface area contributed by atoms with Crippen LogP contribution in [-0.2, 0) is 4.74 Å². The summed E-state index contributed by atoms with van der Waals surface area (Å²) in [6.45, 7) is 14.3. The van der Waals surface area contributed by atoms with Gasteiger partial charge in [-0.15, -0.1) is 0 Å². The van der Waals surface area contributed by atoms with E-state index in [-0.39, 0.29) is 0 Å². The molecular formula is C15H32N4O. The van der Waals surface area contributed by atoms with E-state index in [0.29, 0.717) is 6.10 Å². The smallest absolute Gasteiger partial charge is 0.0829 e. The number of ether oxygens (including phenoxy) is 1. The van der Waals surface area contributed by atoms with Gasteiger partial charge >= 0.3 is 0 Å². The Morgan fingerprint density at radius 2 is 1.85 bits per heavy atom. The van der Waals surface area contributed by atoms with Crippen LogP contribution in [0.1, 0.15) is 19.8 Å². The van der Waals surface area contributed by atoms with Gasteiger partial charge in [0.2, 0.25) is 0 Å². The summed E-state index contributed by atoms with van der Waals surface area (Å²) in [6, 6.07) is 0. The minimum Gasteiger partial charge on any atom is -0.374 e. The van der Waals surface area contributed by atoms with Gasteiger partial charge in [-0.25, -0.2) is 0 Å². The first kappa shape index (κ1) is 16.2. The average Bonchev–Trinajstić information content (AvgIpc) is 2.71. The SMILES string of the molecule is CCN1CCOC(CN2CCCN(CCCN)CC2)C1. The molecule has 1 atom stereocenters. The monoisotopic (exact) mass is 284 g/mol. The lowest BCUT2D eigenvalue weighted by molar-refractivity contribution is -0.0413. The normalized spacial score (nSPS) is 27.6. The maximum absolute atomic E-state index is 5.93. The van der Waals surface area contributed by atoms with Crippen LogP contribution in [0.25, 0.3) is 0 Å². The van der Waals surface area contributed by atoms with Crippen molar-refractivity contribution in [3.8, 4) is 0 Å².